The van der Waals surface area contributed by atoms with Crippen LogP contribution >= 0.6 is 11.6 Å². The molecule has 2 rings (SSSR count). The molecule has 1 N–H and O–H groups in total. The smallest absolute Gasteiger partial charge is 0.248 e. The monoisotopic (exact) mass is 345 g/mol. The number of nitrogens with zero attached hydrogens (tertiary/aromatic N) is 2. The van der Waals surface area contributed by atoms with Gasteiger partial charge in [0.05, 0.1) is 5.69 Å². The SMILES string of the molecule is Cc1cccc(NC(=O)/C=C/c2c(C)nn(CC(C)C)c2Cl)c1C. The molecule has 4 nitrogen and oxygen atoms in total. The van der Waals surface area contributed by atoms with Crippen LogP contribution in [0.5, 0.6) is 0 Å². The second-order valence-corrected chi connectivity index (χ2v) is 6.79. The van der Waals surface area contributed by atoms with Crippen LogP contribution in [0.2, 0.25) is 5.15 Å². The zero-order chi connectivity index (χ0) is 17.9. The number of hydrogen-bond donors (Lipinski definition) is 1. The third kappa shape index (κ3) is 4.26. The summed E-state index contributed by atoms with van der Waals surface area (Å²) in [7, 11) is 0. The molecule has 2 aromatic rings. The first-order valence-electron chi connectivity index (χ1n) is 8.07. The van der Waals surface area contributed by atoms with Gasteiger partial charge in [-0.15, -0.1) is 0 Å². The molecule has 0 bridgehead atoms. The van der Waals surface area contributed by atoms with E-state index in [1.807, 2.05) is 39.0 Å². The molecule has 0 fully saturated rings. The summed E-state index contributed by atoms with van der Waals surface area (Å²) in [6.07, 6.45) is 3.22. The number of hydrogen-bond acceptors (Lipinski definition) is 2. The number of halogens is 1. The van der Waals surface area contributed by atoms with E-state index in [4.69, 9.17) is 11.6 Å². The van der Waals surface area contributed by atoms with Gasteiger partial charge in [0.1, 0.15) is 5.15 Å². The van der Waals surface area contributed by atoms with Crippen molar-refractivity contribution in [1.82, 2.24) is 9.78 Å². The van der Waals surface area contributed by atoms with Crippen LogP contribution < -0.4 is 5.32 Å². The molecule has 0 aliphatic heterocycles. The summed E-state index contributed by atoms with van der Waals surface area (Å²) in [6, 6.07) is 5.85. The van der Waals surface area contributed by atoms with Gasteiger partial charge in [0.25, 0.3) is 0 Å². The van der Waals surface area contributed by atoms with E-state index in [2.05, 4.69) is 24.3 Å². The largest absolute Gasteiger partial charge is 0.322 e. The van der Waals surface area contributed by atoms with Gasteiger partial charge in [0.2, 0.25) is 5.91 Å². The Bertz CT molecular complexity index is 775. The molecule has 0 spiro atoms. The molecule has 0 aliphatic rings. The van der Waals surface area contributed by atoms with E-state index < -0.39 is 0 Å². The predicted molar refractivity (Wildman–Crippen MR) is 100 cm³/mol. The molecule has 0 saturated carbocycles. The quantitative estimate of drug-likeness (QED) is 0.793. The maximum atomic E-state index is 12.2. The Balaban J connectivity index is 2.14. The van der Waals surface area contributed by atoms with E-state index in [1.165, 1.54) is 6.08 Å². The number of aromatic nitrogens is 2. The van der Waals surface area contributed by atoms with Gasteiger partial charge >= 0.3 is 0 Å². The number of carbonyl (C=O) groups is 1. The Labute approximate surface area is 148 Å². The van der Waals surface area contributed by atoms with Crippen LogP contribution in [0.4, 0.5) is 5.69 Å². The van der Waals surface area contributed by atoms with E-state index in [1.54, 1.807) is 10.8 Å². The molecule has 128 valence electrons. The molecule has 1 heterocycles. The fourth-order valence-electron chi connectivity index (χ4n) is 2.44. The Kier molecular flexibility index (Phi) is 5.84. The van der Waals surface area contributed by atoms with Crippen molar-refractivity contribution in [3.63, 3.8) is 0 Å². The standard InChI is InChI=1S/C19H24ClN3O/c1-12(2)11-23-19(20)16(15(5)22-23)9-10-18(24)21-17-8-6-7-13(3)14(17)4/h6-10,12H,11H2,1-5H3,(H,21,24)/b10-9+. The van der Waals surface area contributed by atoms with Gasteiger partial charge in [0, 0.05) is 23.9 Å². The summed E-state index contributed by atoms with van der Waals surface area (Å²) < 4.78 is 1.78. The van der Waals surface area contributed by atoms with Crippen molar-refractivity contribution in [2.24, 2.45) is 5.92 Å². The zero-order valence-electron chi connectivity index (χ0n) is 14.9. The second-order valence-electron chi connectivity index (χ2n) is 6.44. The van der Waals surface area contributed by atoms with Gasteiger partial charge in [-0.2, -0.15) is 5.10 Å². The summed E-state index contributed by atoms with van der Waals surface area (Å²) in [4.78, 5) is 12.2. The average Bonchev–Trinajstić information content (AvgIpc) is 2.75. The van der Waals surface area contributed by atoms with Crippen LogP contribution in [0.15, 0.2) is 24.3 Å². The lowest BCUT2D eigenvalue weighted by Gasteiger charge is -2.08. The summed E-state index contributed by atoms with van der Waals surface area (Å²) in [5.41, 5.74) is 4.64. The normalized spacial score (nSPS) is 11.5. The van der Waals surface area contributed by atoms with Crippen LogP contribution in [0.1, 0.15) is 36.2 Å². The van der Waals surface area contributed by atoms with Crippen LogP contribution in [0, 0.1) is 26.7 Å². The average molecular weight is 346 g/mol. The van der Waals surface area contributed by atoms with Crippen molar-refractivity contribution in [3.05, 3.63) is 51.8 Å². The van der Waals surface area contributed by atoms with Crippen LogP contribution in [0.25, 0.3) is 6.08 Å². The van der Waals surface area contributed by atoms with Gasteiger partial charge in [-0.25, -0.2) is 0 Å². The molecule has 24 heavy (non-hydrogen) atoms. The molecule has 0 radical (unpaired) electrons. The van der Waals surface area contributed by atoms with Gasteiger partial charge in [0.15, 0.2) is 0 Å². The first-order chi connectivity index (χ1) is 11.3. The highest BCUT2D eigenvalue weighted by Gasteiger charge is 2.12. The van der Waals surface area contributed by atoms with E-state index in [9.17, 15) is 4.79 Å². The number of anilines is 1. The third-order valence-electron chi connectivity index (χ3n) is 3.91. The Morgan fingerprint density at radius 1 is 1.33 bits per heavy atom. The molecule has 1 aromatic heterocycles. The van der Waals surface area contributed by atoms with Crippen LogP contribution in [-0.4, -0.2) is 15.7 Å². The fraction of sp³-hybridized carbons (Fsp3) is 0.368. The van der Waals surface area contributed by atoms with Gasteiger partial charge in [-0.3, -0.25) is 9.48 Å². The molecule has 0 aliphatic carbocycles. The highest BCUT2D eigenvalue weighted by Crippen LogP contribution is 2.23. The topological polar surface area (TPSA) is 46.9 Å². The predicted octanol–water partition coefficient (Wildman–Crippen LogP) is 4.77. The Hall–Kier alpha value is -2.07. The first-order valence-corrected chi connectivity index (χ1v) is 8.45. The van der Waals surface area contributed by atoms with E-state index >= 15 is 0 Å². The van der Waals surface area contributed by atoms with Crippen LogP contribution in [0.3, 0.4) is 0 Å². The molecule has 1 aromatic carbocycles. The summed E-state index contributed by atoms with van der Waals surface area (Å²) >= 11 is 6.38. The minimum absolute atomic E-state index is 0.184. The van der Waals surface area contributed by atoms with E-state index in [-0.39, 0.29) is 5.91 Å². The number of aryl methyl sites for hydroxylation is 2. The van der Waals surface area contributed by atoms with Crippen molar-refractivity contribution in [2.75, 3.05) is 5.32 Å². The number of nitrogens with one attached hydrogen (secondary N) is 1. The van der Waals surface area contributed by atoms with Gasteiger partial charge in [-0.05, 0) is 50.0 Å². The minimum atomic E-state index is -0.184. The minimum Gasteiger partial charge on any atom is -0.322 e. The molecule has 1 amide bonds. The van der Waals surface area contributed by atoms with Crippen molar-refractivity contribution in [2.45, 2.75) is 41.2 Å². The third-order valence-corrected chi connectivity index (χ3v) is 4.31. The summed E-state index contributed by atoms with van der Waals surface area (Å²) in [6.45, 7) is 10.9. The molecule has 0 saturated heterocycles. The number of amides is 1. The molecular formula is C19H24ClN3O. The molecule has 5 heteroatoms. The van der Waals surface area contributed by atoms with Crippen molar-refractivity contribution < 1.29 is 4.79 Å². The van der Waals surface area contributed by atoms with Crippen molar-refractivity contribution >= 4 is 29.3 Å². The zero-order valence-corrected chi connectivity index (χ0v) is 15.6. The Morgan fingerprint density at radius 3 is 2.71 bits per heavy atom. The molecule has 0 atom stereocenters. The Morgan fingerprint density at radius 2 is 2.04 bits per heavy atom. The number of rotatable bonds is 5. The summed E-state index contributed by atoms with van der Waals surface area (Å²) in [5.74, 6) is 0.266. The molecule has 0 unspecified atom stereocenters. The highest BCUT2D eigenvalue weighted by molar-refractivity contribution is 6.31. The van der Waals surface area contributed by atoms with Gasteiger partial charge < -0.3 is 5.32 Å². The van der Waals surface area contributed by atoms with Crippen LogP contribution in [-0.2, 0) is 11.3 Å². The van der Waals surface area contributed by atoms with E-state index in [0.717, 1.165) is 34.6 Å². The van der Waals surface area contributed by atoms with E-state index in [0.29, 0.717) is 11.1 Å². The molecular weight excluding hydrogens is 322 g/mol. The second kappa shape index (κ2) is 7.67. The lowest BCUT2D eigenvalue weighted by Crippen LogP contribution is -2.09. The van der Waals surface area contributed by atoms with Gasteiger partial charge in [-0.1, -0.05) is 37.6 Å². The highest BCUT2D eigenvalue weighted by atomic mass is 35.5. The summed E-state index contributed by atoms with van der Waals surface area (Å²) in [5, 5.41) is 7.91. The van der Waals surface area contributed by atoms with Crippen molar-refractivity contribution in [1.29, 1.82) is 0 Å². The number of carbonyl (C=O) groups excluding carboxylic acids is 1. The lowest BCUT2D eigenvalue weighted by atomic mass is 10.1. The van der Waals surface area contributed by atoms with Crippen molar-refractivity contribution in [3.8, 4) is 0 Å². The maximum Gasteiger partial charge on any atom is 0.248 e. The lowest BCUT2D eigenvalue weighted by molar-refractivity contribution is -0.111. The maximum absolute atomic E-state index is 12.2. The first kappa shape index (κ1) is 18.3. The number of benzene rings is 1. The fourth-order valence-corrected chi connectivity index (χ4v) is 2.75.